The molecule has 1 amide bonds. The second-order valence-corrected chi connectivity index (χ2v) is 11.0. The normalized spacial score (nSPS) is 21.1. The van der Waals surface area contributed by atoms with Crippen molar-refractivity contribution >= 4 is 17.5 Å². The van der Waals surface area contributed by atoms with E-state index in [1.54, 1.807) is 17.0 Å². The molecule has 0 N–H and O–H groups in total. The maximum absolute atomic E-state index is 15.2. The summed E-state index contributed by atoms with van der Waals surface area (Å²) in [5.74, 6) is -0.521. The van der Waals surface area contributed by atoms with E-state index >= 15 is 4.39 Å². The van der Waals surface area contributed by atoms with Crippen LogP contribution in [0.4, 0.5) is 17.6 Å². The second kappa shape index (κ2) is 10.9. The molecule has 3 aliphatic rings. The Morgan fingerprint density at radius 3 is 2.34 bits per heavy atom. The summed E-state index contributed by atoms with van der Waals surface area (Å²) in [7, 11) is 0. The van der Waals surface area contributed by atoms with Gasteiger partial charge in [0.25, 0.3) is 5.91 Å². The average Bonchev–Trinajstić information content (AvgIpc) is 3.58. The van der Waals surface area contributed by atoms with Gasteiger partial charge in [0.05, 0.1) is 5.56 Å². The molecule has 206 valence electrons. The third-order valence-electron chi connectivity index (χ3n) is 7.60. The van der Waals surface area contributed by atoms with Crippen molar-refractivity contribution in [1.82, 2.24) is 9.80 Å². The third-order valence-corrected chi connectivity index (χ3v) is 7.82. The minimum atomic E-state index is -4.82. The number of amides is 1. The van der Waals surface area contributed by atoms with Crippen molar-refractivity contribution < 1.29 is 31.8 Å². The predicted octanol–water partition coefficient (Wildman–Crippen LogP) is 6.92. The number of likely N-dealkylation sites (tertiary alicyclic amines) is 2. The molecule has 10 heteroatoms. The zero-order valence-corrected chi connectivity index (χ0v) is 22.0. The van der Waals surface area contributed by atoms with Crippen LogP contribution in [-0.2, 0) is 6.54 Å². The first kappa shape index (κ1) is 27.1. The predicted molar refractivity (Wildman–Crippen MR) is 135 cm³/mol. The first-order valence-corrected chi connectivity index (χ1v) is 13.5. The summed E-state index contributed by atoms with van der Waals surface area (Å²) in [6, 6.07) is 7.19. The zero-order chi connectivity index (χ0) is 27.0. The highest BCUT2D eigenvalue weighted by molar-refractivity contribution is 6.30. The molecular formula is C28H31ClF4N2O3. The molecule has 1 saturated carbocycles. The minimum absolute atomic E-state index is 0.0925. The Bertz CT molecular complexity index is 1180. The number of halogens is 5. The molecule has 0 aromatic heterocycles. The number of carbonyl (C=O) groups is 1. The molecule has 0 unspecified atom stereocenters. The maximum Gasteiger partial charge on any atom is 0.573 e. The molecule has 1 aliphatic carbocycles. The first-order valence-electron chi connectivity index (χ1n) is 13.1. The van der Waals surface area contributed by atoms with Gasteiger partial charge in [-0.3, -0.25) is 9.69 Å². The summed E-state index contributed by atoms with van der Waals surface area (Å²) >= 11 is 5.95. The van der Waals surface area contributed by atoms with Gasteiger partial charge >= 0.3 is 6.36 Å². The van der Waals surface area contributed by atoms with Crippen LogP contribution < -0.4 is 9.47 Å². The van der Waals surface area contributed by atoms with Crippen LogP contribution in [0.3, 0.4) is 0 Å². The Morgan fingerprint density at radius 1 is 1.00 bits per heavy atom. The smallest absolute Gasteiger partial charge is 0.490 e. The van der Waals surface area contributed by atoms with Crippen molar-refractivity contribution in [3.63, 3.8) is 0 Å². The van der Waals surface area contributed by atoms with Gasteiger partial charge in [0.2, 0.25) is 0 Å². The lowest BCUT2D eigenvalue weighted by molar-refractivity contribution is -0.274. The fourth-order valence-electron chi connectivity index (χ4n) is 5.51. The molecule has 2 heterocycles. The summed E-state index contributed by atoms with van der Waals surface area (Å²) in [4.78, 5) is 17.1. The first-order chi connectivity index (χ1) is 18.1. The lowest BCUT2D eigenvalue weighted by Crippen LogP contribution is -2.38. The van der Waals surface area contributed by atoms with Crippen molar-refractivity contribution in [2.75, 3.05) is 19.6 Å². The molecule has 0 radical (unpaired) electrons. The van der Waals surface area contributed by atoms with E-state index in [9.17, 15) is 18.0 Å². The van der Waals surface area contributed by atoms with E-state index in [2.05, 4.69) is 9.64 Å². The van der Waals surface area contributed by atoms with E-state index in [4.69, 9.17) is 16.3 Å². The average molecular weight is 555 g/mol. The molecular weight excluding hydrogens is 524 g/mol. The number of alkyl halides is 3. The van der Waals surface area contributed by atoms with Gasteiger partial charge in [-0.05, 0) is 86.8 Å². The van der Waals surface area contributed by atoms with Crippen LogP contribution in [0.1, 0.15) is 72.9 Å². The van der Waals surface area contributed by atoms with Gasteiger partial charge in [-0.1, -0.05) is 11.6 Å². The Labute approximate surface area is 224 Å². The van der Waals surface area contributed by atoms with Crippen molar-refractivity contribution in [1.29, 1.82) is 0 Å². The second-order valence-electron chi connectivity index (χ2n) is 10.6. The molecule has 3 fully saturated rings. The van der Waals surface area contributed by atoms with Crippen LogP contribution in [0, 0.1) is 5.82 Å². The highest BCUT2D eigenvalue weighted by Gasteiger charge is 2.33. The summed E-state index contributed by atoms with van der Waals surface area (Å²) < 4.78 is 62.8. The van der Waals surface area contributed by atoms with Crippen LogP contribution in [0.2, 0.25) is 5.02 Å². The van der Waals surface area contributed by atoms with Crippen LogP contribution >= 0.6 is 11.6 Å². The molecule has 1 atom stereocenters. The lowest BCUT2D eigenvalue weighted by Gasteiger charge is -2.33. The quantitative estimate of drug-likeness (QED) is 0.348. The largest absolute Gasteiger partial charge is 0.573 e. The zero-order valence-electron chi connectivity index (χ0n) is 21.2. The Hall–Kier alpha value is -2.52. The fraction of sp³-hybridized carbons (Fsp3) is 0.536. The number of hydrogen-bond acceptors (Lipinski definition) is 4. The number of nitrogens with zero attached hydrogens (tertiary/aromatic N) is 2. The number of ether oxygens (including phenoxy) is 2. The third kappa shape index (κ3) is 6.54. The molecule has 38 heavy (non-hydrogen) atoms. The van der Waals surface area contributed by atoms with Crippen LogP contribution in [0.5, 0.6) is 11.5 Å². The molecule has 0 bridgehead atoms. The standard InChI is InChI=1S/C28H31ClF4N2O3/c1-17-3-2-8-35(17)27(36)25-15-24(18-4-5-18)19(11-26(25)30)16-34-9-6-21(7-10-34)37-22-12-20(29)13-23(14-22)38-28(31,32)33/h11-15,17-18,21H,2-10,16H2,1H3/t17-/m1/s1. The fourth-order valence-corrected chi connectivity index (χ4v) is 5.73. The number of piperidine rings is 1. The highest BCUT2D eigenvalue weighted by Crippen LogP contribution is 2.43. The van der Waals surface area contributed by atoms with Crippen LogP contribution in [0.15, 0.2) is 30.3 Å². The van der Waals surface area contributed by atoms with E-state index in [-0.39, 0.29) is 34.4 Å². The minimum Gasteiger partial charge on any atom is -0.490 e. The SMILES string of the molecule is C[C@@H]1CCCN1C(=O)c1cc(C2CC2)c(CN2CCC(Oc3cc(Cl)cc(OC(F)(F)F)c3)CC2)cc1F. The molecule has 2 aliphatic heterocycles. The topological polar surface area (TPSA) is 42.0 Å². The van der Waals surface area contributed by atoms with E-state index in [0.29, 0.717) is 44.9 Å². The van der Waals surface area contributed by atoms with Crippen LogP contribution in [0.25, 0.3) is 0 Å². The lowest BCUT2D eigenvalue weighted by atomic mass is 9.97. The summed E-state index contributed by atoms with van der Waals surface area (Å²) in [5, 5.41) is 0.0925. The van der Waals surface area contributed by atoms with Gasteiger partial charge in [0, 0.05) is 43.3 Å². The Morgan fingerprint density at radius 2 is 1.71 bits per heavy atom. The Kier molecular flexibility index (Phi) is 7.78. The van der Waals surface area contributed by atoms with Gasteiger partial charge in [-0.25, -0.2) is 4.39 Å². The van der Waals surface area contributed by atoms with Crippen molar-refractivity contribution in [2.24, 2.45) is 0 Å². The highest BCUT2D eigenvalue weighted by atomic mass is 35.5. The van der Waals surface area contributed by atoms with E-state index < -0.39 is 17.9 Å². The summed E-state index contributed by atoms with van der Waals surface area (Å²) in [6.45, 7) is 4.63. The van der Waals surface area contributed by atoms with Gasteiger partial charge in [0.15, 0.2) is 0 Å². The Balaban J connectivity index is 1.22. The van der Waals surface area contributed by atoms with Gasteiger partial charge < -0.3 is 14.4 Å². The van der Waals surface area contributed by atoms with Gasteiger partial charge in [0.1, 0.15) is 23.4 Å². The van der Waals surface area contributed by atoms with E-state index in [1.165, 1.54) is 12.1 Å². The van der Waals surface area contributed by atoms with Crippen LogP contribution in [-0.4, -0.2) is 53.8 Å². The monoisotopic (exact) mass is 554 g/mol. The summed E-state index contributed by atoms with van der Waals surface area (Å²) in [6.07, 6.45) is 0.292. The number of hydrogen-bond donors (Lipinski definition) is 0. The number of rotatable bonds is 7. The van der Waals surface area contributed by atoms with Crippen molar-refractivity contribution in [3.05, 3.63) is 57.9 Å². The molecule has 5 nitrogen and oxygen atoms in total. The van der Waals surface area contributed by atoms with E-state index in [0.717, 1.165) is 42.9 Å². The molecule has 0 spiro atoms. The van der Waals surface area contributed by atoms with E-state index in [1.807, 2.05) is 6.92 Å². The molecule has 2 aromatic carbocycles. The summed E-state index contributed by atoms with van der Waals surface area (Å²) in [5.41, 5.74) is 2.15. The molecule has 2 saturated heterocycles. The maximum atomic E-state index is 15.2. The molecule has 5 rings (SSSR count). The molecule has 2 aromatic rings. The number of carbonyl (C=O) groups excluding carboxylic acids is 1. The number of benzene rings is 2. The van der Waals surface area contributed by atoms with Gasteiger partial charge in [-0.15, -0.1) is 13.2 Å². The van der Waals surface area contributed by atoms with Crippen molar-refractivity contribution in [3.8, 4) is 11.5 Å². The van der Waals surface area contributed by atoms with Gasteiger partial charge in [-0.2, -0.15) is 0 Å². The van der Waals surface area contributed by atoms with Crippen molar-refractivity contribution in [2.45, 2.75) is 76.4 Å².